The van der Waals surface area contributed by atoms with E-state index >= 15 is 0 Å². The first-order chi connectivity index (χ1) is 10.5. The number of benzene rings is 1. The maximum Gasteiger partial charge on any atom is 0.230 e. The van der Waals surface area contributed by atoms with Crippen LogP contribution in [0.3, 0.4) is 0 Å². The van der Waals surface area contributed by atoms with Gasteiger partial charge in [-0.25, -0.2) is 8.78 Å². The lowest BCUT2D eigenvalue weighted by molar-refractivity contribution is -0.922. The molecule has 0 aliphatic carbocycles. The van der Waals surface area contributed by atoms with Crippen molar-refractivity contribution in [2.45, 2.75) is 31.7 Å². The first kappa shape index (κ1) is 16.4. The van der Waals surface area contributed by atoms with Crippen LogP contribution in [0.2, 0.25) is 0 Å². The van der Waals surface area contributed by atoms with Gasteiger partial charge in [-0.2, -0.15) is 0 Å². The molecule has 5 nitrogen and oxygen atoms in total. The summed E-state index contributed by atoms with van der Waals surface area (Å²) in [5.74, 6) is -3.56. The van der Waals surface area contributed by atoms with E-state index in [0.717, 1.165) is 36.3 Å². The van der Waals surface area contributed by atoms with Crippen LogP contribution in [0.1, 0.15) is 25.7 Å². The number of amides is 1. The van der Waals surface area contributed by atoms with Crippen molar-refractivity contribution in [2.75, 3.05) is 18.4 Å². The molecular weight excluding hydrogens is 294 g/mol. The van der Waals surface area contributed by atoms with Crippen molar-refractivity contribution < 1.29 is 28.4 Å². The maximum atomic E-state index is 13.5. The van der Waals surface area contributed by atoms with Crippen molar-refractivity contribution >= 4 is 17.6 Å². The summed E-state index contributed by atoms with van der Waals surface area (Å²) in [5.41, 5.74) is -0.169. The third-order valence-corrected chi connectivity index (χ3v) is 3.87. The highest BCUT2D eigenvalue weighted by molar-refractivity contribution is 5.93. The summed E-state index contributed by atoms with van der Waals surface area (Å²) in [4.78, 5) is 24.0. The molecule has 7 heteroatoms. The zero-order valence-corrected chi connectivity index (χ0v) is 12.0. The van der Waals surface area contributed by atoms with E-state index in [-0.39, 0.29) is 12.1 Å². The van der Waals surface area contributed by atoms with Gasteiger partial charge in [-0.3, -0.25) is 4.79 Å². The molecule has 120 valence electrons. The summed E-state index contributed by atoms with van der Waals surface area (Å²) in [6, 6.07) is 1.82. The molecule has 1 saturated heterocycles. The number of anilines is 1. The molecule has 1 aliphatic rings. The SMILES string of the molecule is O=C(C[C@H](C(=O)[O-])[NH+]1CCCCC1)Nc1ccc(F)cc1F. The van der Waals surface area contributed by atoms with Gasteiger partial charge in [0.2, 0.25) is 5.91 Å². The number of aliphatic carboxylic acids is 1. The molecular formula is C15H18F2N2O3. The summed E-state index contributed by atoms with van der Waals surface area (Å²) >= 11 is 0. The maximum absolute atomic E-state index is 13.5. The van der Waals surface area contributed by atoms with Gasteiger partial charge in [-0.1, -0.05) is 0 Å². The van der Waals surface area contributed by atoms with Gasteiger partial charge in [0.1, 0.15) is 17.7 Å². The fraction of sp³-hybridized carbons (Fsp3) is 0.467. The van der Waals surface area contributed by atoms with Gasteiger partial charge in [-0.15, -0.1) is 0 Å². The molecule has 0 unspecified atom stereocenters. The average Bonchev–Trinajstić information content (AvgIpc) is 2.48. The number of hydrogen-bond acceptors (Lipinski definition) is 3. The Kier molecular flexibility index (Phi) is 5.43. The Balaban J connectivity index is 2.00. The van der Waals surface area contributed by atoms with Crippen LogP contribution in [0, 0.1) is 11.6 Å². The van der Waals surface area contributed by atoms with Crippen LogP contribution in [0.4, 0.5) is 14.5 Å². The Hall–Kier alpha value is -2.02. The number of likely N-dealkylation sites (tertiary alicyclic amines) is 1. The van der Waals surface area contributed by atoms with Crippen LogP contribution in [0.5, 0.6) is 0 Å². The number of piperidine rings is 1. The predicted molar refractivity (Wildman–Crippen MR) is 72.9 cm³/mol. The number of carbonyl (C=O) groups excluding carboxylic acids is 2. The third kappa shape index (κ3) is 4.24. The van der Waals surface area contributed by atoms with Crippen molar-refractivity contribution in [1.82, 2.24) is 0 Å². The molecule has 22 heavy (non-hydrogen) atoms. The van der Waals surface area contributed by atoms with Crippen molar-refractivity contribution in [3.8, 4) is 0 Å². The molecule has 0 bridgehead atoms. The Morgan fingerprint density at radius 2 is 1.91 bits per heavy atom. The topological polar surface area (TPSA) is 73.7 Å². The average molecular weight is 312 g/mol. The van der Waals surface area contributed by atoms with Crippen LogP contribution in [0.25, 0.3) is 0 Å². The Labute approximate surface area is 126 Å². The zero-order valence-electron chi connectivity index (χ0n) is 12.0. The summed E-state index contributed by atoms with van der Waals surface area (Å²) < 4.78 is 26.3. The van der Waals surface area contributed by atoms with Gasteiger partial charge >= 0.3 is 0 Å². The third-order valence-electron chi connectivity index (χ3n) is 3.87. The highest BCUT2D eigenvalue weighted by Crippen LogP contribution is 2.15. The van der Waals surface area contributed by atoms with E-state index in [1.165, 1.54) is 0 Å². The Morgan fingerprint density at radius 1 is 1.23 bits per heavy atom. The Bertz CT molecular complexity index is 560. The Morgan fingerprint density at radius 3 is 2.50 bits per heavy atom. The second-order valence-corrected chi connectivity index (χ2v) is 5.47. The van der Waals surface area contributed by atoms with Crippen LogP contribution in [0.15, 0.2) is 18.2 Å². The number of carbonyl (C=O) groups is 2. The van der Waals surface area contributed by atoms with E-state index in [1.54, 1.807) is 0 Å². The molecule has 0 aromatic heterocycles. The molecule has 0 spiro atoms. The van der Waals surface area contributed by atoms with Crippen LogP contribution in [-0.4, -0.2) is 31.0 Å². The van der Waals surface area contributed by atoms with Crippen molar-refractivity contribution in [3.63, 3.8) is 0 Å². The minimum Gasteiger partial charge on any atom is -0.544 e. The fourth-order valence-electron chi connectivity index (χ4n) is 2.73. The molecule has 0 radical (unpaired) electrons. The van der Waals surface area contributed by atoms with Gasteiger partial charge in [-0.05, 0) is 31.4 Å². The summed E-state index contributed by atoms with van der Waals surface area (Å²) in [6.45, 7) is 1.35. The number of halogens is 2. The lowest BCUT2D eigenvalue weighted by Gasteiger charge is -2.31. The molecule has 1 aromatic rings. The van der Waals surface area contributed by atoms with Crippen molar-refractivity contribution in [3.05, 3.63) is 29.8 Å². The second kappa shape index (κ2) is 7.31. The number of carboxylic acid groups (broad SMARTS) is 1. The molecule has 2 rings (SSSR count). The number of rotatable bonds is 5. The van der Waals surface area contributed by atoms with Gasteiger partial charge in [0.05, 0.1) is 31.2 Å². The molecule has 1 heterocycles. The van der Waals surface area contributed by atoms with Crippen molar-refractivity contribution in [1.29, 1.82) is 0 Å². The van der Waals surface area contributed by atoms with Gasteiger partial charge < -0.3 is 20.1 Å². The first-order valence-electron chi connectivity index (χ1n) is 7.27. The van der Waals surface area contributed by atoms with E-state index in [1.807, 2.05) is 0 Å². The normalized spacial score (nSPS) is 17.0. The van der Waals surface area contributed by atoms with E-state index in [0.29, 0.717) is 19.2 Å². The molecule has 1 fully saturated rings. The summed E-state index contributed by atoms with van der Waals surface area (Å²) in [5, 5.41) is 13.5. The number of carboxylic acids is 1. The van der Waals surface area contributed by atoms with Crippen LogP contribution >= 0.6 is 0 Å². The monoisotopic (exact) mass is 312 g/mol. The zero-order chi connectivity index (χ0) is 16.1. The highest BCUT2D eigenvalue weighted by atomic mass is 19.1. The second-order valence-electron chi connectivity index (χ2n) is 5.47. The number of hydrogen-bond donors (Lipinski definition) is 2. The standard InChI is InChI=1S/C15H18F2N2O3/c16-10-4-5-12(11(17)8-10)18-14(20)9-13(15(21)22)19-6-2-1-3-7-19/h4-5,8,13H,1-3,6-7,9H2,(H,18,20)(H,21,22)/t13-/m1/s1. The van der Waals surface area contributed by atoms with Gasteiger partial charge in [0.25, 0.3) is 0 Å². The van der Waals surface area contributed by atoms with E-state index in [2.05, 4.69) is 5.32 Å². The first-order valence-corrected chi connectivity index (χ1v) is 7.27. The molecule has 1 amide bonds. The van der Waals surface area contributed by atoms with Crippen LogP contribution in [-0.2, 0) is 9.59 Å². The minimum absolute atomic E-state index is 0.169. The smallest absolute Gasteiger partial charge is 0.230 e. The van der Waals surface area contributed by atoms with E-state index in [9.17, 15) is 23.5 Å². The largest absolute Gasteiger partial charge is 0.544 e. The highest BCUT2D eigenvalue weighted by Gasteiger charge is 2.28. The van der Waals surface area contributed by atoms with Crippen LogP contribution < -0.4 is 15.3 Å². The predicted octanol–water partition coefficient (Wildman–Crippen LogP) is -0.519. The van der Waals surface area contributed by atoms with Crippen molar-refractivity contribution in [2.24, 2.45) is 0 Å². The quantitative estimate of drug-likeness (QED) is 0.768. The van der Waals surface area contributed by atoms with Gasteiger partial charge in [0.15, 0.2) is 0 Å². The molecule has 2 N–H and O–H groups in total. The van der Waals surface area contributed by atoms with Gasteiger partial charge in [0, 0.05) is 6.07 Å². The lowest BCUT2D eigenvalue weighted by atomic mass is 10.1. The fourth-order valence-corrected chi connectivity index (χ4v) is 2.73. The number of nitrogens with one attached hydrogen (secondary N) is 2. The molecule has 1 atom stereocenters. The molecule has 1 aromatic carbocycles. The summed E-state index contributed by atoms with van der Waals surface area (Å²) in [6.07, 6.45) is 2.57. The summed E-state index contributed by atoms with van der Waals surface area (Å²) in [7, 11) is 0. The molecule has 1 aliphatic heterocycles. The molecule has 0 saturated carbocycles. The lowest BCUT2D eigenvalue weighted by Crippen LogP contribution is -3.18. The van der Waals surface area contributed by atoms with E-state index < -0.39 is 29.6 Å². The number of quaternary nitrogens is 1. The minimum atomic E-state index is -1.29. The van der Waals surface area contributed by atoms with E-state index in [4.69, 9.17) is 0 Å².